The van der Waals surface area contributed by atoms with Crippen molar-refractivity contribution in [3.05, 3.63) is 35.7 Å². The highest BCUT2D eigenvalue weighted by Gasteiger charge is 2.26. The lowest BCUT2D eigenvalue weighted by Gasteiger charge is -2.25. The van der Waals surface area contributed by atoms with Crippen molar-refractivity contribution in [3.8, 4) is 11.4 Å². The molecule has 2 aromatic rings. The molecule has 0 saturated carbocycles. The minimum atomic E-state index is -0.665. The third-order valence-corrected chi connectivity index (χ3v) is 2.77. The summed E-state index contributed by atoms with van der Waals surface area (Å²) < 4.78 is 29.4. The van der Waals surface area contributed by atoms with Crippen LogP contribution in [0, 0.1) is 11.6 Å². The number of benzene rings is 1. The minimum Gasteiger partial charge on any atom is -0.324 e. The Morgan fingerprint density at radius 2 is 1.74 bits per heavy atom. The molecule has 0 aliphatic carbocycles. The van der Waals surface area contributed by atoms with Gasteiger partial charge in [-0.1, -0.05) is 6.07 Å². The Morgan fingerprint density at radius 1 is 1.16 bits per heavy atom. The van der Waals surface area contributed by atoms with E-state index in [1.165, 1.54) is 18.2 Å². The lowest BCUT2D eigenvalue weighted by Crippen LogP contribution is -2.26. The molecule has 0 bridgehead atoms. The highest BCUT2D eigenvalue weighted by molar-refractivity contribution is 5.57. The average Bonchev–Trinajstić information content (AvgIpc) is 2.72. The maximum absolute atomic E-state index is 13.9. The molecule has 1 aromatic carbocycles. The van der Waals surface area contributed by atoms with Gasteiger partial charge in [-0.2, -0.15) is 0 Å². The summed E-state index contributed by atoms with van der Waals surface area (Å²) in [4.78, 5) is 0. The van der Waals surface area contributed by atoms with Gasteiger partial charge in [0, 0.05) is 5.54 Å². The van der Waals surface area contributed by atoms with Crippen LogP contribution in [0.4, 0.5) is 8.78 Å². The summed E-state index contributed by atoms with van der Waals surface area (Å²) in [5.74, 6) is -0.684. The van der Waals surface area contributed by atoms with Crippen LogP contribution in [0.15, 0.2) is 18.2 Å². The van der Waals surface area contributed by atoms with Gasteiger partial charge in [0.25, 0.3) is 0 Å². The van der Waals surface area contributed by atoms with E-state index in [-0.39, 0.29) is 17.9 Å². The Balaban J connectivity index is 2.74. The highest BCUT2D eigenvalue weighted by atomic mass is 19.1. The number of nitrogens with two attached hydrogens (primary N) is 1. The molecule has 6 heteroatoms. The van der Waals surface area contributed by atoms with Crippen LogP contribution in [0.3, 0.4) is 0 Å². The van der Waals surface area contributed by atoms with Crippen LogP contribution in [0.1, 0.15) is 26.6 Å². The van der Waals surface area contributed by atoms with E-state index < -0.39 is 17.2 Å². The zero-order chi connectivity index (χ0) is 14.2. The maximum Gasteiger partial charge on any atom is 0.170 e. The molecule has 0 radical (unpaired) electrons. The Hall–Kier alpha value is -1.82. The number of halogens is 2. The third kappa shape index (κ3) is 2.35. The summed E-state index contributed by atoms with van der Waals surface area (Å²) in [6.07, 6.45) is 0. The predicted molar refractivity (Wildman–Crippen MR) is 68.3 cm³/mol. The van der Waals surface area contributed by atoms with Gasteiger partial charge in [0.15, 0.2) is 5.82 Å². The van der Waals surface area contributed by atoms with E-state index in [9.17, 15) is 8.78 Å². The zero-order valence-corrected chi connectivity index (χ0v) is 11.1. The first-order valence-electron chi connectivity index (χ1n) is 5.95. The smallest absolute Gasteiger partial charge is 0.170 e. The normalized spacial score (nSPS) is 11.9. The second-order valence-electron chi connectivity index (χ2n) is 5.25. The van der Waals surface area contributed by atoms with Gasteiger partial charge in [-0.05, 0) is 32.9 Å². The summed E-state index contributed by atoms with van der Waals surface area (Å²) in [5.41, 5.74) is 5.00. The van der Waals surface area contributed by atoms with Crippen LogP contribution in [0.5, 0.6) is 0 Å². The van der Waals surface area contributed by atoms with Crippen LogP contribution >= 0.6 is 0 Å². The summed E-state index contributed by atoms with van der Waals surface area (Å²) in [6, 6.07) is 3.71. The van der Waals surface area contributed by atoms with Crippen LogP contribution in [-0.4, -0.2) is 14.8 Å². The first kappa shape index (κ1) is 13.6. The number of nitrogens with zero attached hydrogens (tertiary/aromatic N) is 3. The number of rotatable bonds is 2. The molecule has 0 amide bonds. The number of hydrogen-bond acceptors (Lipinski definition) is 3. The lowest BCUT2D eigenvalue weighted by molar-refractivity contribution is 0.385. The van der Waals surface area contributed by atoms with Crippen molar-refractivity contribution in [2.45, 2.75) is 32.9 Å². The molecule has 2 rings (SSSR count). The predicted octanol–water partition coefficient (Wildman–Crippen LogP) is 2.44. The minimum absolute atomic E-state index is 0.153. The van der Waals surface area contributed by atoms with Crippen molar-refractivity contribution >= 4 is 0 Å². The number of hydrogen-bond donors (Lipinski definition) is 1. The third-order valence-electron chi connectivity index (χ3n) is 2.77. The van der Waals surface area contributed by atoms with E-state index in [4.69, 9.17) is 5.73 Å². The Labute approximate surface area is 110 Å². The van der Waals surface area contributed by atoms with Crippen LogP contribution in [0.2, 0.25) is 0 Å². The summed E-state index contributed by atoms with van der Waals surface area (Å²) >= 11 is 0. The lowest BCUT2D eigenvalue weighted by atomic mass is 10.1. The molecule has 2 N–H and O–H groups in total. The molecule has 1 heterocycles. The number of aromatic nitrogens is 3. The molecule has 1 aromatic heterocycles. The van der Waals surface area contributed by atoms with Gasteiger partial charge >= 0.3 is 0 Å². The van der Waals surface area contributed by atoms with E-state index in [1.807, 2.05) is 20.8 Å². The van der Waals surface area contributed by atoms with Gasteiger partial charge in [0.1, 0.15) is 17.5 Å². The van der Waals surface area contributed by atoms with Gasteiger partial charge in [0.05, 0.1) is 12.1 Å². The van der Waals surface area contributed by atoms with Gasteiger partial charge in [-0.25, -0.2) is 8.78 Å². The monoisotopic (exact) mass is 266 g/mol. The topological polar surface area (TPSA) is 56.7 Å². The van der Waals surface area contributed by atoms with Gasteiger partial charge in [0.2, 0.25) is 0 Å². The fraction of sp³-hybridized carbons (Fsp3) is 0.385. The van der Waals surface area contributed by atoms with Crippen LogP contribution in [-0.2, 0) is 12.1 Å². The molecule has 0 spiro atoms. The molecule has 0 fully saturated rings. The fourth-order valence-corrected chi connectivity index (χ4v) is 2.03. The quantitative estimate of drug-likeness (QED) is 0.908. The largest absolute Gasteiger partial charge is 0.324 e. The van der Waals surface area contributed by atoms with E-state index >= 15 is 0 Å². The van der Waals surface area contributed by atoms with Crippen LogP contribution < -0.4 is 5.73 Å². The van der Waals surface area contributed by atoms with Crippen molar-refractivity contribution in [2.24, 2.45) is 5.73 Å². The van der Waals surface area contributed by atoms with Crippen molar-refractivity contribution in [1.82, 2.24) is 14.8 Å². The maximum atomic E-state index is 13.9. The standard InChI is InChI=1S/C13H16F2N4/c1-13(2,3)19-10(7-16)17-18-12(19)11-8(14)5-4-6-9(11)15/h4-6H,7,16H2,1-3H3. The molecule has 102 valence electrons. The average molecular weight is 266 g/mol. The molecule has 0 atom stereocenters. The molecule has 4 nitrogen and oxygen atoms in total. The molecule has 0 aliphatic rings. The van der Waals surface area contributed by atoms with Crippen molar-refractivity contribution in [3.63, 3.8) is 0 Å². The van der Waals surface area contributed by atoms with Crippen molar-refractivity contribution in [2.75, 3.05) is 0 Å². The van der Waals surface area contributed by atoms with Crippen LogP contribution in [0.25, 0.3) is 11.4 Å². The van der Waals surface area contributed by atoms with Gasteiger partial charge < -0.3 is 10.3 Å². The Kier molecular flexibility index (Phi) is 3.36. The fourth-order valence-electron chi connectivity index (χ4n) is 2.03. The summed E-state index contributed by atoms with van der Waals surface area (Å²) in [7, 11) is 0. The molecule has 19 heavy (non-hydrogen) atoms. The first-order chi connectivity index (χ1) is 8.86. The molecular weight excluding hydrogens is 250 g/mol. The van der Waals surface area contributed by atoms with E-state index in [0.717, 1.165) is 0 Å². The van der Waals surface area contributed by atoms with E-state index in [2.05, 4.69) is 10.2 Å². The molecule has 0 unspecified atom stereocenters. The SMILES string of the molecule is CC(C)(C)n1c(CN)nnc1-c1c(F)cccc1F. The van der Waals surface area contributed by atoms with Gasteiger partial charge in [-0.15, -0.1) is 10.2 Å². The van der Waals surface area contributed by atoms with Crippen molar-refractivity contribution < 1.29 is 8.78 Å². The Bertz CT molecular complexity index is 579. The second-order valence-corrected chi connectivity index (χ2v) is 5.25. The molecule has 0 saturated heterocycles. The Morgan fingerprint density at radius 3 is 2.21 bits per heavy atom. The highest BCUT2D eigenvalue weighted by Crippen LogP contribution is 2.29. The molecular formula is C13H16F2N4. The van der Waals surface area contributed by atoms with E-state index in [0.29, 0.717) is 5.82 Å². The first-order valence-corrected chi connectivity index (χ1v) is 5.95. The van der Waals surface area contributed by atoms with E-state index in [1.54, 1.807) is 4.57 Å². The molecule has 0 aliphatic heterocycles. The second kappa shape index (κ2) is 4.70. The summed E-state index contributed by atoms with van der Waals surface area (Å²) in [6.45, 7) is 5.85. The van der Waals surface area contributed by atoms with Crippen molar-refractivity contribution in [1.29, 1.82) is 0 Å². The summed E-state index contributed by atoms with van der Waals surface area (Å²) in [5, 5.41) is 7.81. The zero-order valence-electron chi connectivity index (χ0n) is 11.1. The van der Waals surface area contributed by atoms with Gasteiger partial charge in [-0.3, -0.25) is 0 Å².